The summed E-state index contributed by atoms with van der Waals surface area (Å²) in [6, 6.07) is 0. The molecule has 15 heavy (non-hydrogen) atoms. The maximum Gasteiger partial charge on any atom is 0.347 e. The molecule has 5 nitrogen and oxygen atoms in total. The first-order chi connectivity index (χ1) is 7.00. The minimum absolute atomic E-state index is 0.692. The van der Waals surface area contributed by atoms with E-state index in [9.17, 15) is 14.4 Å². The number of allylic oxidation sites excluding steroid dienone is 2. The Balaban J connectivity index is 2.20. The Hall–Kier alpha value is -0.510. The van der Waals surface area contributed by atoms with Crippen molar-refractivity contribution in [3.05, 3.63) is 11.4 Å². The highest BCUT2D eigenvalue weighted by Gasteiger charge is 2.35. The van der Waals surface area contributed by atoms with E-state index in [0.717, 1.165) is 38.0 Å². The lowest BCUT2D eigenvalue weighted by Gasteiger charge is -2.37. The predicted molar refractivity (Wildman–Crippen MR) is 57.1 cm³/mol. The molecule has 1 aliphatic carbocycles. The van der Waals surface area contributed by atoms with Gasteiger partial charge in [-0.1, -0.05) is 0 Å². The molecule has 1 aliphatic heterocycles. The molecule has 0 amide bonds. The highest BCUT2D eigenvalue weighted by Crippen LogP contribution is 2.46. The lowest BCUT2D eigenvalue weighted by molar-refractivity contribution is 0.255. The quantitative estimate of drug-likeness (QED) is 0.614. The SMILES string of the molecule is CC(N1CCCNC2=C1CC2)P(=O)(O)O. The Morgan fingerprint density at radius 1 is 1.47 bits per heavy atom. The minimum atomic E-state index is -4.01. The summed E-state index contributed by atoms with van der Waals surface area (Å²) in [4.78, 5) is 20.2. The van der Waals surface area contributed by atoms with Crippen LogP contribution in [-0.4, -0.2) is 33.6 Å². The largest absolute Gasteiger partial charge is 0.387 e. The molecule has 86 valence electrons. The van der Waals surface area contributed by atoms with Crippen LogP contribution in [0.2, 0.25) is 0 Å². The fraction of sp³-hybridized carbons (Fsp3) is 0.778. The minimum Gasteiger partial charge on any atom is -0.387 e. The summed E-state index contributed by atoms with van der Waals surface area (Å²) in [6.45, 7) is 3.25. The highest BCUT2D eigenvalue weighted by atomic mass is 31.2. The lowest BCUT2D eigenvalue weighted by Crippen LogP contribution is -2.36. The number of nitrogens with zero attached hydrogens (tertiary/aromatic N) is 1. The summed E-state index contributed by atoms with van der Waals surface area (Å²) < 4.78 is 11.2. The van der Waals surface area contributed by atoms with Crippen LogP contribution >= 0.6 is 7.60 Å². The van der Waals surface area contributed by atoms with Crippen LogP contribution in [0.4, 0.5) is 0 Å². The van der Waals surface area contributed by atoms with Gasteiger partial charge in [-0.25, -0.2) is 0 Å². The molecule has 0 fully saturated rings. The van der Waals surface area contributed by atoms with Gasteiger partial charge in [0, 0.05) is 24.5 Å². The first-order valence-electron chi connectivity index (χ1n) is 5.28. The van der Waals surface area contributed by atoms with Crippen LogP contribution in [0.3, 0.4) is 0 Å². The van der Waals surface area contributed by atoms with Gasteiger partial charge in [-0.2, -0.15) is 0 Å². The van der Waals surface area contributed by atoms with Gasteiger partial charge in [-0.3, -0.25) is 4.57 Å². The van der Waals surface area contributed by atoms with E-state index < -0.39 is 13.4 Å². The van der Waals surface area contributed by atoms with Crippen molar-refractivity contribution in [2.45, 2.75) is 32.0 Å². The number of nitrogens with one attached hydrogen (secondary N) is 1. The topological polar surface area (TPSA) is 72.8 Å². The van der Waals surface area contributed by atoms with Crippen molar-refractivity contribution in [1.29, 1.82) is 0 Å². The summed E-state index contributed by atoms with van der Waals surface area (Å²) in [5, 5.41) is 3.30. The van der Waals surface area contributed by atoms with Gasteiger partial charge < -0.3 is 20.0 Å². The van der Waals surface area contributed by atoms with Gasteiger partial charge >= 0.3 is 7.60 Å². The van der Waals surface area contributed by atoms with Gasteiger partial charge in [0.2, 0.25) is 0 Å². The summed E-state index contributed by atoms with van der Waals surface area (Å²) in [6.07, 6.45) is 2.88. The molecule has 2 rings (SSSR count). The molecule has 1 atom stereocenters. The average molecular weight is 232 g/mol. The molecule has 0 aromatic heterocycles. The first kappa shape index (κ1) is 11.0. The van der Waals surface area contributed by atoms with E-state index in [2.05, 4.69) is 5.32 Å². The van der Waals surface area contributed by atoms with Gasteiger partial charge in [0.05, 0.1) is 0 Å². The Morgan fingerprint density at radius 3 is 2.73 bits per heavy atom. The Bertz CT molecular complexity index is 336. The average Bonchev–Trinajstić information content (AvgIpc) is 2.23. The van der Waals surface area contributed by atoms with Crippen LogP contribution in [0.1, 0.15) is 26.2 Å². The van der Waals surface area contributed by atoms with Gasteiger partial charge in [0.15, 0.2) is 0 Å². The Kier molecular flexibility index (Phi) is 2.79. The van der Waals surface area contributed by atoms with Crippen molar-refractivity contribution in [3.63, 3.8) is 0 Å². The van der Waals surface area contributed by atoms with Gasteiger partial charge in [-0.05, 0) is 26.2 Å². The third-order valence-electron chi connectivity index (χ3n) is 3.16. The van der Waals surface area contributed by atoms with Crippen LogP contribution in [-0.2, 0) is 4.57 Å². The highest BCUT2D eigenvalue weighted by molar-refractivity contribution is 7.52. The normalized spacial score (nSPS) is 23.8. The monoisotopic (exact) mass is 232 g/mol. The zero-order valence-electron chi connectivity index (χ0n) is 8.81. The summed E-state index contributed by atoms with van der Waals surface area (Å²) in [7, 11) is -4.01. The molecule has 0 spiro atoms. The van der Waals surface area contributed by atoms with Crippen molar-refractivity contribution in [3.8, 4) is 0 Å². The van der Waals surface area contributed by atoms with Crippen molar-refractivity contribution in [2.24, 2.45) is 0 Å². The maximum atomic E-state index is 11.2. The third-order valence-corrected chi connectivity index (χ3v) is 4.41. The van der Waals surface area contributed by atoms with E-state index >= 15 is 0 Å². The zero-order chi connectivity index (χ0) is 11.1. The summed E-state index contributed by atoms with van der Waals surface area (Å²) in [5.41, 5.74) is 2.27. The molecule has 1 unspecified atom stereocenters. The van der Waals surface area contributed by atoms with Crippen molar-refractivity contribution in [2.75, 3.05) is 13.1 Å². The lowest BCUT2D eigenvalue weighted by atomic mass is 10.00. The van der Waals surface area contributed by atoms with E-state index in [1.54, 1.807) is 6.92 Å². The molecular weight excluding hydrogens is 215 g/mol. The number of hydrogen-bond acceptors (Lipinski definition) is 3. The van der Waals surface area contributed by atoms with Crippen LogP contribution in [0, 0.1) is 0 Å². The van der Waals surface area contributed by atoms with Gasteiger partial charge in [-0.15, -0.1) is 0 Å². The van der Waals surface area contributed by atoms with Gasteiger partial charge in [0.25, 0.3) is 0 Å². The molecule has 0 aromatic rings. The van der Waals surface area contributed by atoms with E-state index in [-0.39, 0.29) is 0 Å². The van der Waals surface area contributed by atoms with E-state index in [1.807, 2.05) is 4.90 Å². The fourth-order valence-electron chi connectivity index (χ4n) is 2.09. The predicted octanol–water partition coefficient (Wildman–Crippen LogP) is 0.811. The molecule has 0 radical (unpaired) electrons. The van der Waals surface area contributed by atoms with Crippen LogP contribution in [0.5, 0.6) is 0 Å². The second-order valence-corrected chi connectivity index (χ2v) is 6.05. The van der Waals surface area contributed by atoms with Crippen molar-refractivity contribution < 1.29 is 14.4 Å². The molecule has 0 aromatic carbocycles. The molecule has 1 heterocycles. The zero-order valence-corrected chi connectivity index (χ0v) is 9.70. The Labute approximate surface area is 89.3 Å². The molecule has 2 aliphatic rings. The molecule has 0 bridgehead atoms. The van der Waals surface area contributed by atoms with Crippen LogP contribution in [0.15, 0.2) is 11.4 Å². The molecule has 6 heteroatoms. The smallest absolute Gasteiger partial charge is 0.347 e. The van der Waals surface area contributed by atoms with E-state index in [4.69, 9.17) is 0 Å². The van der Waals surface area contributed by atoms with Crippen LogP contribution < -0.4 is 5.32 Å². The van der Waals surface area contributed by atoms with Crippen molar-refractivity contribution >= 4 is 7.60 Å². The fourth-order valence-corrected chi connectivity index (χ4v) is 2.70. The van der Waals surface area contributed by atoms with Crippen LogP contribution in [0.25, 0.3) is 0 Å². The number of rotatable bonds is 2. The van der Waals surface area contributed by atoms with E-state index in [1.165, 1.54) is 5.70 Å². The third kappa shape index (κ3) is 2.05. The molecular formula is C9H17N2O3P. The first-order valence-corrected chi connectivity index (χ1v) is 6.96. The van der Waals surface area contributed by atoms with Gasteiger partial charge in [0.1, 0.15) is 5.78 Å². The summed E-state index contributed by atoms with van der Waals surface area (Å²) in [5.74, 6) is -0.692. The summed E-state index contributed by atoms with van der Waals surface area (Å²) >= 11 is 0. The molecule has 0 saturated carbocycles. The molecule has 3 N–H and O–H groups in total. The standard InChI is InChI=1S/C9H17N2O3P/c1-7(15(12,13)14)11-6-2-5-10-8-3-4-9(8)11/h7,10H,2-6H2,1H3,(H2,12,13,14). The van der Waals surface area contributed by atoms with E-state index in [0.29, 0.717) is 0 Å². The molecule has 0 saturated heterocycles. The second kappa shape index (κ2) is 3.81. The maximum absolute atomic E-state index is 11.2. The second-order valence-electron chi connectivity index (χ2n) is 4.12. The van der Waals surface area contributed by atoms with Crippen molar-refractivity contribution in [1.82, 2.24) is 10.2 Å². The Morgan fingerprint density at radius 2 is 2.20 bits per heavy atom. The number of hydrogen-bond donors (Lipinski definition) is 3.